The summed E-state index contributed by atoms with van der Waals surface area (Å²) < 4.78 is 0. The molecule has 1 aliphatic rings. The second-order valence-corrected chi connectivity index (χ2v) is 5.00. The number of halogens is 1. The minimum absolute atomic E-state index is 0.304. The van der Waals surface area contributed by atoms with Gasteiger partial charge in [0.2, 0.25) is 5.91 Å². The van der Waals surface area contributed by atoms with Crippen LogP contribution in [-0.4, -0.2) is 23.0 Å². The Hall–Kier alpha value is -0.870. The summed E-state index contributed by atoms with van der Waals surface area (Å²) >= 11 is 7.55. The standard InChI is InChI=1S/C10H11ClN2OS/c11-7-2-1-3-8(4-7)13-10(9(12)14)5-15-6-10/h1-4,13H,5-6H2,(H2,12,14). The second kappa shape index (κ2) is 3.94. The Balaban J connectivity index is 2.17. The lowest BCUT2D eigenvalue weighted by Gasteiger charge is -2.39. The highest BCUT2D eigenvalue weighted by Gasteiger charge is 2.43. The van der Waals surface area contributed by atoms with E-state index >= 15 is 0 Å². The quantitative estimate of drug-likeness (QED) is 0.849. The topological polar surface area (TPSA) is 55.1 Å². The molecule has 2 rings (SSSR count). The van der Waals surface area contributed by atoms with Crippen molar-refractivity contribution in [3.05, 3.63) is 29.3 Å². The van der Waals surface area contributed by atoms with Crippen molar-refractivity contribution in [2.45, 2.75) is 5.54 Å². The second-order valence-electron chi connectivity index (χ2n) is 3.57. The zero-order chi connectivity index (χ0) is 10.9. The Labute approximate surface area is 97.4 Å². The first-order chi connectivity index (χ1) is 7.12. The smallest absolute Gasteiger partial charge is 0.244 e. The first-order valence-corrected chi connectivity index (χ1v) is 6.07. The fourth-order valence-corrected chi connectivity index (χ4v) is 2.66. The molecule has 1 saturated heterocycles. The Morgan fingerprint density at radius 2 is 2.27 bits per heavy atom. The molecule has 1 aromatic carbocycles. The third-order valence-electron chi connectivity index (χ3n) is 2.38. The summed E-state index contributed by atoms with van der Waals surface area (Å²) in [5, 5.41) is 3.80. The van der Waals surface area contributed by atoms with Gasteiger partial charge in [-0.05, 0) is 18.2 Å². The third kappa shape index (κ3) is 2.06. The summed E-state index contributed by atoms with van der Waals surface area (Å²) in [4.78, 5) is 11.3. The van der Waals surface area contributed by atoms with Gasteiger partial charge in [-0.2, -0.15) is 11.8 Å². The van der Waals surface area contributed by atoms with E-state index in [2.05, 4.69) is 5.32 Å². The van der Waals surface area contributed by atoms with Crippen molar-refractivity contribution in [1.29, 1.82) is 0 Å². The van der Waals surface area contributed by atoms with Crippen molar-refractivity contribution in [2.75, 3.05) is 16.8 Å². The van der Waals surface area contributed by atoms with Crippen LogP contribution in [0, 0.1) is 0 Å². The predicted molar refractivity (Wildman–Crippen MR) is 64.3 cm³/mol. The molecule has 1 aromatic rings. The van der Waals surface area contributed by atoms with Gasteiger partial charge in [-0.3, -0.25) is 4.79 Å². The molecule has 5 heteroatoms. The number of primary amides is 1. The van der Waals surface area contributed by atoms with Gasteiger partial charge in [-0.25, -0.2) is 0 Å². The van der Waals surface area contributed by atoms with E-state index in [4.69, 9.17) is 17.3 Å². The van der Waals surface area contributed by atoms with Gasteiger partial charge < -0.3 is 11.1 Å². The Kier molecular flexibility index (Phi) is 2.80. The maximum Gasteiger partial charge on any atom is 0.244 e. The maximum absolute atomic E-state index is 11.3. The van der Waals surface area contributed by atoms with Gasteiger partial charge in [0.25, 0.3) is 0 Å². The van der Waals surface area contributed by atoms with Crippen LogP contribution >= 0.6 is 23.4 Å². The molecule has 0 aliphatic carbocycles. The van der Waals surface area contributed by atoms with Gasteiger partial charge in [-0.1, -0.05) is 17.7 Å². The highest BCUT2D eigenvalue weighted by Crippen LogP contribution is 2.33. The average molecular weight is 243 g/mol. The highest BCUT2D eigenvalue weighted by atomic mass is 35.5. The van der Waals surface area contributed by atoms with Gasteiger partial charge in [0, 0.05) is 22.2 Å². The normalized spacial score (nSPS) is 17.9. The van der Waals surface area contributed by atoms with Gasteiger partial charge in [0.15, 0.2) is 0 Å². The first kappa shape index (κ1) is 10.6. The molecule has 0 radical (unpaired) electrons. The van der Waals surface area contributed by atoms with Crippen LogP contribution < -0.4 is 11.1 Å². The summed E-state index contributed by atoms with van der Waals surface area (Å²) in [5.41, 5.74) is 5.62. The van der Waals surface area contributed by atoms with Crippen molar-refractivity contribution in [3.63, 3.8) is 0 Å². The molecule has 3 nitrogen and oxygen atoms in total. The van der Waals surface area contributed by atoms with E-state index in [0.717, 1.165) is 17.2 Å². The first-order valence-electron chi connectivity index (χ1n) is 4.54. The fraction of sp³-hybridized carbons (Fsp3) is 0.300. The molecule has 1 heterocycles. The number of amides is 1. The van der Waals surface area contributed by atoms with E-state index in [0.29, 0.717) is 5.02 Å². The molecule has 0 saturated carbocycles. The zero-order valence-electron chi connectivity index (χ0n) is 8.00. The van der Waals surface area contributed by atoms with Crippen LogP contribution in [0.25, 0.3) is 0 Å². The number of nitrogens with two attached hydrogens (primary N) is 1. The van der Waals surface area contributed by atoms with Gasteiger partial charge >= 0.3 is 0 Å². The van der Waals surface area contributed by atoms with Crippen LogP contribution in [0.5, 0.6) is 0 Å². The SMILES string of the molecule is NC(=O)C1(Nc2cccc(Cl)c2)CSC1. The average Bonchev–Trinajstić information content (AvgIpc) is 2.11. The molecule has 0 spiro atoms. The van der Waals surface area contributed by atoms with E-state index < -0.39 is 5.54 Å². The lowest BCUT2D eigenvalue weighted by Crippen LogP contribution is -2.60. The number of hydrogen-bond donors (Lipinski definition) is 2. The zero-order valence-corrected chi connectivity index (χ0v) is 9.57. The molecule has 3 N–H and O–H groups in total. The minimum atomic E-state index is -0.588. The van der Waals surface area contributed by atoms with E-state index in [1.165, 1.54) is 0 Å². The van der Waals surface area contributed by atoms with Crippen LogP contribution in [-0.2, 0) is 4.79 Å². The summed E-state index contributed by atoms with van der Waals surface area (Å²) in [7, 11) is 0. The maximum atomic E-state index is 11.3. The van der Waals surface area contributed by atoms with Gasteiger partial charge in [0.1, 0.15) is 5.54 Å². The van der Waals surface area contributed by atoms with Crippen LogP contribution in [0.15, 0.2) is 24.3 Å². The summed E-state index contributed by atoms with van der Waals surface area (Å²) in [5.74, 6) is 1.13. The van der Waals surface area contributed by atoms with E-state index in [-0.39, 0.29) is 5.91 Å². The van der Waals surface area contributed by atoms with Gasteiger partial charge in [-0.15, -0.1) is 0 Å². The number of nitrogens with one attached hydrogen (secondary N) is 1. The number of benzene rings is 1. The molecule has 1 amide bonds. The molecule has 0 aromatic heterocycles. The lowest BCUT2D eigenvalue weighted by atomic mass is 10.0. The number of thioether (sulfide) groups is 1. The van der Waals surface area contributed by atoms with E-state index in [1.807, 2.05) is 12.1 Å². The van der Waals surface area contributed by atoms with Crippen molar-refractivity contribution < 1.29 is 4.79 Å². The molecule has 15 heavy (non-hydrogen) atoms. The minimum Gasteiger partial charge on any atom is -0.370 e. The van der Waals surface area contributed by atoms with Crippen LogP contribution in [0.4, 0.5) is 5.69 Å². The molecule has 0 atom stereocenters. The molecular weight excluding hydrogens is 232 g/mol. The highest BCUT2D eigenvalue weighted by molar-refractivity contribution is 8.01. The largest absolute Gasteiger partial charge is 0.370 e. The predicted octanol–water partition coefficient (Wildman–Crippen LogP) is 1.72. The molecule has 0 unspecified atom stereocenters. The molecule has 1 aliphatic heterocycles. The molecule has 80 valence electrons. The lowest BCUT2D eigenvalue weighted by molar-refractivity contribution is -0.121. The number of carbonyl (C=O) groups is 1. The molecule has 0 bridgehead atoms. The van der Waals surface area contributed by atoms with Gasteiger partial charge in [0.05, 0.1) is 0 Å². The van der Waals surface area contributed by atoms with Crippen molar-refractivity contribution >= 4 is 35.0 Å². The number of carbonyl (C=O) groups excluding carboxylic acids is 1. The third-order valence-corrected chi connectivity index (χ3v) is 4.01. The summed E-state index contributed by atoms with van der Waals surface area (Å²) in [6.07, 6.45) is 0. The van der Waals surface area contributed by atoms with E-state index in [9.17, 15) is 4.79 Å². The molecule has 1 fully saturated rings. The van der Waals surface area contributed by atoms with Crippen LogP contribution in [0.2, 0.25) is 5.02 Å². The van der Waals surface area contributed by atoms with Crippen LogP contribution in [0.3, 0.4) is 0 Å². The van der Waals surface area contributed by atoms with Crippen molar-refractivity contribution in [2.24, 2.45) is 5.73 Å². The summed E-state index contributed by atoms with van der Waals surface area (Å²) in [6, 6.07) is 7.29. The monoisotopic (exact) mass is 242 g/mol. The number of hydrogen-bond acceptors (Lipinski definition) is 3. The van der Waals surface area contributed by atoms with Crippen LogP contribution in [0.1, 0.15) is 0 Å². The Morgan fingerprint density at radius 1 is 1.53 bits per heavy atom. The number of rotatable bonds is 3. The van der Waals surface area contributed by atoms with Crippen molar-refractivity contribution in [3.8, 4) is 0 Å². The fourth-order valence-electron chi connectivity index (χ4n) is 1.42. The van der Waals surface area contributed by atoms with E-state index in [1.54, 1.807) is 23.9 Å². The Morgan fingerprint density at radius 3 is 2.73 bits per heavy atom. The van der Waals surface area contributed by atoms with Crippen molar-refractivity contribution in [1.82, 2.24) is 0 Å². The Bertz CT molecular complexity index is 393. The summed E-state index contributed by atoms with van der Waals surface area (Å²) in [6.45, 7) is 0. The molecular formula is C10H11ClN2OS. The number of anilines is 1.